The van der Waals surface area contributed by atoms with Gasteiger partial charge in [0.2, 0.25) is 0 Å². The minimum Gasteiger partial charge on any atom is -0.495 e. The molecule has 2 heterocycles. The summed E-state index contributed by atoms with van der Waals surface area (Å²) in [6.07, 6.45) is 1.59. The first-order valence-electron chi connectivity index (χ1n) is 9.20. The largest absolute Gasteiger partial charge is 0.495 e. The Balaban J connectivity index is 1.44. The van der Waals surface area contributed by atoms with Gasteiger partial charge in [-0.2, -0.15) is 0 Å². The molecular weight excluding hydrogens is 374 g/mol. The summed E-state index contributed by atoms with van der Waals surface area (Å²) in [7, 11) is 1.66. The Labute approximate surface area is 169 Å². The van der Waals surface area contributed by atoms with Gasteiger partial charge < -0.3 is 19.9 Å². The molecule has 0 aliphatic carbocycles. The standard InChI is InChI=1S/C21H22ClN5O/c1-28-19-8-3-2-7-18(19)25-20-14-21(24-15-23-20)27-11-9-26(10-12-27)17-6-4-5-16(22)13-17/h2-8,13-15H,9-12H2,1H3,(H,23,24,25). The molecule has 1 fully saturated rings. The van der Waals surface area contributed by atoms with E-state index in [0.717, 1.165) is 60.0 Å². The summed E-state index contributed by atoms with van der Waals surface area (Å²) >= 11 is 6.12. The van der Waals surface area contributed by atoms with Crippen LogP contribution in [0.15, 0.2) is 60.9 Å². The molecule has 0 radical (unpaired) electrons. The van der Waals surface area contributed by atoms with Crippen molar-refractivity contribution in [3.8, 4) is 5.75 Å². The zero-order chi connectivity index (χ0) is 19.3. The minimum atomic E-state index is 0.742. The lowest BCUT2D eigenvalue weighted by Crippen LogP contribution is -2.46. The van der Waals surface area contributed by atoms with E-state index < -0.39 is 0 Å². The van der Waals surface area contributed by atoms with Crippen LogP contribution in [0, 0.1) is 0 Å². The average molecular weight is 396 g/mol. The summed E-state index contributed by atoms with van der Waals surface area (Å²) < 4.78 is 5.40. The molecule has 1 saturated heterocycles. The number of piperazine rings is 1. The number of para-hydroxylation sites is 2. The van der Waals surface area contributed by atoms with E-state index in [0.29, 0.717) is 0 Å². The van der Waals surface area contributed by atoms with Crippen LogP contribution in [0.2, 0.25) is 5.02 Å². The third-order valence-electron chi connectivity index (χ3n) is 4.80. The molecule has 7 heteroatoms. The first-order valence-corrected chi connectivity index (χ1v) is 9.58. The number of anilines is 4. The Morgan fingerprint density at radius 2 is 1.71 bits per heavy atom. The normalized spacial score (nSPS) is 14.1. The van der Waals surface area contributed by atoms with Crippen LogP contribution in [0.25, 0.3) is 0 Å². The minimum absolute atomic E-state index is 0.742. The van der Waals surface area contributed by atoms with Crippen LogP contribution >= 0.6 is 11.6 Å². The second kappa shape index (κ2) is 8.35. The first kappa shape index (κ1) is 18.4. The van der Waals surface area contributed by atoms with E-state index in [2.05, 4.69) is 31.2 Å². The molecule has 0 atom stereocenters. The van der Waals surface area contributed by atoms with E-state index in [1.54, 1.807) is 13.4 Å². The SMILES string of the molecule is COc1ccccc1Nc1cc(N2CCN(c3cccc(Cl)c3)CC2)ncn1. The number of nitrogens with one attached hydrogen (secondary N) is 1. The molecular formula is C21H22ClN5O. The number of nitrogens with zero attached hydrogens (tertiary/aromatic N) is 4. The summed E-state index contributed by atoms with van der Waals surface area (Å²) in [5, 5.41) is 4.08. The maximum absolute atomic E-state index is 6.12. The van der Waals surface area contributed by atoms with Gasteiger partial charge in [0.25, 0.3) is 0 Å². The van der Waals surface area contributed by atoms with Gasteiger partial charge in [-0.15, -0.1) is 0 Å². The number of ether oxygens (including phenoxy) is 1. The third kappa shape index (κ3) is 4.12. The third-order valence-corrected chi connectivity index (χ3v) is 5.03. The van der Waals surface area contributed by atoms with E-state index >= 15 is 0 Å². The van der Waals surface area contributed by atoms with Crippen molar-refractivity contribution < 1.29 is 4.74 Å². The van der Waals surface area contributed by atoms with Gasteiger partial charge in [0.05, 0.1) is 12.8 Å². The van der Waals surface area contributed by atoms with Crippen molar-refractivity contribution in [2.24, 2.45) is 0 Å². The van der Waals surface area contributed by atoms with Crippen molar-refractivity contribution in [2.75, 3.05) is 48.4 Å². The summed E-state index contributed by atoms with van der Waals surface area (Å²) in [5.41, 5.74) is 2.04. The van der Waals surface area contributed by atoms with Crippen LogP contribution in [0.3, 0.4) is 0 Å². The van der Waals surface area contributed by atoms with Crippen molar-refractivity contribution in [3.63, 3.8) is 0 Å². The van der Waals surface area contributed by atoms with Gasteiger partial charge in [-0.3, -0.25) is 0 Å². The number of rotatable bonds is 5. The number of halogens is 1. The van der Waals surface area contributed by atoms with Crippen molar-refractivity contribution in [1.82, 2.24) is 9.97 Å². The Hall–Kier alpha value is -2.99. The summed E-state index contributed by atoms with van der Waals surface area (Å²) in [4.78, 5) is 13.4. The molecule has 0 bridgehead atoms. The molecule has 0 saturated carbocycles. The average Bonchev–Trinajstić information content (AvgIpc) is 2.74. The topological polar surface area (TPSA) is 53.5 Å². The molecule has 4 rings (SSSR count). The predicted molar refractivity (Wildman–Crippen MR) is 114 cm³/mol. The fraction of sp³-hybridized carbons (Fsp3) is 0.238. The molecule has 28 heavy (non-hydrogen) atoms. The highest BCUT2D eigenvalue weighted by molar-refractivity contribution is 6.30. The number of methoxy groups -OCH3 is 1. The Kier molecular flexibility index (Phi) is 5.48. The lowest BCUT2D eigenvalue weighted by molar-refractivity contribution is 0.417. The maximum atomic E-state index is 6.12. The molecule has 6 nitrogen and oxygen atoms in total. The van der Waals surface area contributed by atoms with Gasteiger partial charge in [-0.25, -0.2) is 9.97 Å². The Morgan fingerprint density at radius 1 is 0.929 bits per heavy atom. The van der Waals surface area contributed by atoms with Gasteiger partial charge in [0, 0.05) is 43.0 Å². The number of benzene rings is 2. The molecule has 1 aliphatic rings. The van der Waals surface area contributed by atoms with Gasteiger partial charge in [0.1, 0.15) is 23.7 Å². The summed E-state index contributed by atoms with van der Waals surface area (Å²) in [5.74, 6) is 2.43. The molecule has 0 unspecified atom stereocenters. The van der Waals surface area contributed by atoms with Gasteiger partial charge in [-0.05, 0) is 30.3 Å². The Morgan fingerprint density at radius 3 is 2.50 bits per heavy atom. The molecule has 144 valence electrons. The quantitative estimate of drug-likeness (QED) is 0.698. The number of hydrogen-bond donors (Lipinski definition) is 1. The Bertz CT molecular complexity index is 943. The van der Waals surface area contributed by atoms with Crippen molar-refractivity contribution in [2.45, 2.75) is 0 Å². The molecule has 1 aromatic heterocycles. The van der Waals surface area contributed by atoms with E-state index in [1.165, 1.54) is 0 Å². The second-order valence-corrected chi connectivity index (χ2v) is 6.98. The number of hydrogen-bond acceptors (Lipinski definition) is 6. The van der Waals surface area contributed by atoms with Crippen LogP contribution < -0.4 is 19.9 Å². The van der Waals surface area contributed by atoms with Crippen molar-refractivity contribution in [3.05, 3.63) is 65.9 Å². The predicted octanol–water partition coefficient (Wildman–Crippen LogP) is 4.21. The lowest BCUT2D eigenvalue weighted by Gasteiger charge is -2.36. The highest BCUT2D eigenvalue weighted by atomic mass is 35.5. The molecule has 0 amide bonds. The highest BCUT2D eigenvalue weighted by Gasteiger charge is 2.19. The van der Waals surface area contributed by atoms with Crippen LogP contribution in [0.5, 0.6) is 5.75 Å². The fourth-order valence-corrected chi connectivity index (χ4v) is 3.53. The summed E-state index contributed by atoms with van der Waals surface area (Å²) in [6.45, 7) is 3.61. The molecule has 0 spiro atoms. The maximum Gasteiger partial charge on any atom is 0.142 e. The van der Waals surface area contributed by atoms with E-state index in [4.69, 9.17) is 16.3 Å². The monoisotopic (exact) mass is 395 g/mol. The van der Waals surface area contributed by atoms with Crippen LogP contribution in [-0.4, -0.2) is 43.3 Å². The van der Waals surface area contributed by atoms with Gasteiger partial charge in [-0.1, -0.05) is 29.8 Å². The highest BCUT2D eigenvalue weighted by Crippen LogP contribution is 2.27. The first-order chi connectivity index (χ1) is 13.7. The van der Waals surface area contributed by atoms with Crippen LogP contribution in [0.4, 0.5) is 23.0 Å². The van der Waals surface area contributed by atoms with E-state index in [9.17, 15) is 0 Å². The molecule has 1 aliphatic heterocycles. The van der Waals surface area contributed by atoms with Gasteiger partial charge >= 0.3 is 0 Å². The van der Waals surface area contributed by atoms with Crippen LogP contribution in [-0.2, 0) is 0 Å². The molecule has 1 N–H and O–H groups in total. The zero-order valence-corrected chi connectivity index (χ0v) is 16.4. The van der Waals surface area contributed by atoms with Crippen molar-refractivity contribution in [1.29, 1.82) is 0 Å². The van der Waals surface area contributed by atoms with Crippen molar-refractivity contribution >= 4 is 34.6 Å². The lowest BCUT2D eigenvalue weighted by atomic mass is 10.2. The second-order valence-electron chi connectivity index (χ2n) is 6.54. The van der Waals surface area contributed by atoms with E-state index in [1.807, 2.05) is 48.5 Å². The zero-order valence-electron chi connectivity index (χ0n) is 15.7. The smallest absolute Gasteiger partial charge is 0.142 e. The summed E-state index contributed by atoms with van der Waals surface area (Å²) in [6, 6.07) is 17.8. The number of aromatic nitrogens is 2. The van der Waals surface area contributed by atoms with Gasteiger partial charge in [0.15, 0.2) is 0 Å². The molecule has 2 aromatic carbocycles. The van der Waals surface area contributed by atoms with E-state index in [-0.39, 0.29) is 0 Å². The van der Waals surface area contributed by atoms with Crippen LogP contribution in [0.1, 0.15) is 0 Å². The molecule has 3 aromatic rings. The fourth-order valence-electron chi connectivity index (χ4n) is 3.34.